The number of fused-ring (bicyclic) bond motifs is 1. The van der Waals surface area contributed by atoms with Crippen molar-refractivity contribution in [1.82, 2.24) is 14.9 Å². The highest BCUT2D eigenvalue weighted by atomic mass is 35.5. The molecule has 0 spiro atoms. The third kappa shape index (κ3) is 3.44. The van der Waals surface area contributed by atoms with E-state index in [0.29, 0.717) is 48.0 Å². The van der Waals surface area contributed by atoms with Crippen LogP contribution in [0, 0.1) is 5.82 Å². The molecule has 7 heteroatoms. The van der Waals surface area contributed by atoms with Gasteiger partial charge < -0.3 is 4.98 Å². The normalized spacial score (nSPS) is 17.7. The van der Waals surface area contributed by atoms with Crippen LogP contribution < -0.4 is 5.56 Å². The lowest BCUT2D eigenvalue weighted by Crippen LogP contribution is -2.36. The SMILES string of the molecule is O=c1[nH]c(C2=NCCCC2)nc2c1CN(Cc1c(F)cccc1Cl)CC2. The third-order valence-electron chi connectivity index (χ3n) is 4.99. The number of H-pyrrole nitrogens is 1. The van der Waals surface area contributed by atoms with E-state index in [9.17, 15) is 9.18 Å². The topological polar surface area (TPSA) is 61.4 Å². The molecule has 1 aromatic carbocycles. The number of hydrogen-bond donors (Lipinski definition) is 1. The molecule has 0 aliphatic carbocycles. The van der Waals surface area contributed by atoms with Crippen LogP contribution in [-0.2, 0) is 19.5 Å². The fourth-order valence-electron chi connectivity index (χ4n) is 3.55. The molecule has 0 bridgehead atoms. The number of halogens is 2. The second-order valence-electron chi connectivity index (χ2n) is 6.79. The van der Waals surface area contributed by atoms with Gasteiger partial charge in [-0.25, -0.2) is 9.37 Å². The Hall–Kier alpha value is -2.05. The Morgan fingerprint density at radius 3 is 2.92 bits per heavy atom. The van der Waals surface area contributed by atoms with Crippen LogP contribution >= 0.6 is 11.6 Å². The predicted molar refractivity (Wildman–Crippen MR) is 99.3 cm³/mol. The summed E-state index contributed by atoms with van der Waals surface area (Å²) in [5.74, 6) is 0.292. The van der Waals surface area contributed by atoms with E-state index in [1.807, 2.05) is 4.90 Å². The maximum absolute atomic E-state index is 14.0. The molecule has 1 N–H and O–H groups in total. The third-order valence-corrected chi connectivity index (χ3v) is 5.34. The van der Waals surface area contributed by atoms with Gasteiger partial charge in [-0.2, -0.15) is 0 Å². The molecule has 5 nitrogen and oxygen atoms in total. The van der Waals surface area contributed by atoms with E-state index in [1.165, 1.54) is 6.07 Å². The second-order valence-corrected chi connectivity index (χ2v) is 7.19. The van der Waals surface area contributed by atoms with Crippen molar-refractivity contribution in [1.29, 1.82) is 0 Å². The zero-order valence-electron chi connectivity index (χ0n) is 14.4. The zero-order chi connectivity index (χ0) is 18.1. The molecule has 4 rings (SSSR count). The van der Waals surface area contributed by atoms with E-state index >= 15 is 0 Å². The Morgan fingerprint density at radius 1 is 1.27 bits per heavy atom. The number of hydrogen-bond acceptors (Lipinski definition) is 4. The van der Waals surface area contributed by atoms with Gasteiger partial charge >= 0.3 is 0 Å². The van der Waals surface area contributed by atoms with E-state index < -0.39 is 0 Å². The summed E-state index contributed by atoms with van der Waals surface area (Å²) >= 11 is 6.13. The van der Waals surface area contributed by atoms with Crippen molar-refractivity contribution in [3.63, 3.8) is 0 Å². The van der Waals surface area contributed by atoms with Gasteiger partial charge in [0, 0.05) is 43.2 Å². The Labute approximate surface area is 155 Å². The summed E-state index contributed by atoms with van der Waals surface area (Å²) in [6.45, 7) is 2.32. The van der Waals surface area contributed by atoms with Crippen molar-refractivity contribution < 1.29 is 4.39 Å². The van der Waals surface area contributed by atoms with Crippen LogP contribution in [0.5, 0.6) is 0 Å². The summed E-state index contributed by atoms with van der Waals surface area (Å²) in [6, 6.07) is 4.69. The summed E-state index contributed by atoms with van der Waals surface area (Å²) in [6.07, 6.45) is 3.69. The Bertz CT molecular complexity index is 904. The average molecular weight is 375 g/mol. The molecule has 2 aromatic rings. The molecule has 0 radical (unpaired) electrons. The second kappa shape index (κ2) is 7.29. The lowest BCUT2D eigenvalue weighted by Gasteiger charge is -2.28. The monoisotopic (exact) mass is 374 g/mol. The van der Waals surface area contributed by atoms with E-state index in [2.05, 4.69) is 15.0 Å². The van der Waals surface area contributed by atoms with Crippen molar-refractivity contribution in [3.05, 3.63) is 62.0 Å². The number of aromatic amines is 1. The van der Waals surface area contributed by atoms with Crippen LogP contribution in [-0.4, -0.2) is 33.7 Å². The highest BCUT2D eigenvalue weighted by Crippen LogP contribution is 2.23. The summed E-state index contributed by atoms with van der Waals surface area (Å²) in [5.41, 5.74) is 2.73. The average Bonchev–Trinajstić information content (AvgIpc) is 2.66. The standard InChI is InChI=1S/C19H20ClFN4O/c20-14-4-3-5-15(21)12(14)10-25-9-7-16-13(11-25)19(26)24-18(23-16)17-6-1-2-8-22-17/h3-5H,1-2,6-11H2,(H,23,24,26). The van der Waals surface area contributed by atoms with Gasteiger partial charge in [0.05, 0.1) is 17.0 Å². The fourth-order valence-corrected chi connectivity index (χ4v) is 3.77. The first-order valence-corrected chi connectivity index (χ1v) is 9.30. The van der Waals surface area contributed by atoms with Crippen LogP contribution in [0.25, 0.3) is 0 Å². The first-order chi connectivity index (χ1) is 12.6. The Morgan fingerprint density at radius 2 is 2.15 bits per heavy atom. The molecule has 0 unspecified atom stereocenters. The van der Waals surface area contributed by atoms with E-state index in [-0.39, 0.29) is 11.4 Å². The van der Waals surface area contributed by atoms with Gasteiger partial charge in [0.25, 0.3) is 5.56 Å². The van der Waals surface area contributed by atoms with Crippen LogP contribution in [0.1, 0.15) is 41.9 Å². The van der Waals surface area contributed by atoms with E-state index in [1.54, 1.807) is 12.1 Å². The molecule has 2 aliphatic rings. The quantitative estimate of drug-likeness (QED) is 0.898. The number of rotatable bonds is 3. The maximum Gasteiger partial charge on any atom is 0.255 e. The minimum absolute atomic E-state index is 0.123. The molecule has 0 atom stereocenters. The van der Waals surface area contributed by atoms with Crippen molar-refractivity contribution in [2.45, 2.75) is 38.8 Å². The lowest BCUT2D eigenvalue weighted by atomic mass is 10.0. The summed E-state index contributed by atoms with van der Waals surface area (Å²) in [7, 11) is 0. The van der Waals surface area contributed by atoms with Gasteiger partial charge in [-0.3, -0.25) is 14.7 Å². The number of benzene rings is 1. The highest BCUT2D eigenvalue weighted by Gasteiger charge is 2.24. The first kappa shape index (κ1) is 17.4. The minimum atomic E-state index is -0.319. The fraction of sp³-hybridized carbons (Fsp3) is 0.421. The number of aromatic nitrogens is 2. The molecule has 26 heavy (non-hydrogen) atoms. The molecule has 136 valence electrons. The van der Waals surface area contributed by atoms with Crippen LogP contribution in [0.15, 0.2) is 28.0 Å². The number of aliphatic imine (C=N–C) groups is 1. The number of nitrogens with one attached hydrogen (secondary N) is 1. The Kier molecular flexibility index (Phi) is 4.87. The molecule has 0 saturated carbocycles. The van der Waals surface area contributed by atoms with E-state index in [4.69, 9.17) is 11.6 Å². The van der Waals surface area contributed by atoms with Crippen molar-refractivity contribution in [2.75, 3.05) is 13.1 Å². The molecule has 2 aliphatic heterocycles. The summed E-state index contributed by atoms with van der Waals surface area (Å²) in [4.78, 5) is 26.7. The molecule has 1 aromatic heterocycles. The van der Waals surface area contributed by atoms with E-state index in [0.717, 1.165) is 37.2 Å². The highest BCUT2D eigenvalue weighted by molar-refractivity contribution is 6.31. The minimum Gasteiger partial charge on any atom is -0.305 e. The van der Waals surface area contributed by atoms with Gasteiger partial charge in [-0.15, -0.1) is 0 Å². The van der Waals surface area contributed by atoms with Crippen molar-refractivity contribution >= 4 is 17.3 Å². The van der Waals surface area contributed by atoms with Crippen molar-refractivity contribution in [3.8, 4) is 0 Å². The predicted octanol–water partition coefficient (Wildman–Crippen LogP) is 3.09. The largest absolute Gasteiger partial charge is 0.305 e. The van der Waals surface area contributed by atoms with Crippen LogP contribution in [0.3, 0.4) is 0 Å². The molecular weight excluding hydrogens is 355 g/mol. The lowest BCUT2D eigenvalue weighted by molar-refractivity contribution is 0.238. The van der Waals surface area contributed by atoms with Crippen LogP contribution in [0.4, 0.5) is 4.39 Å². The maximum atomic E-state index is 14.0. The molecule has 3 heterocycles. The zero-order valence-corrected chi connectivity index (χ0v) is 15.2. The van der Waals surface area contributed by atoms with Gasteiger partial charge in [-0.05, 0) is 31.4 Å². The van der Waals surface area contributed by atoms with Gasteiger partial charge in [0.1, 0.15) is 5.82 Å². The van der Waals surface area contributed by atoms with Crippen molar-refractivity contribution in [2.24, 2.45) is 4.99 Å². The smallest absolute Gasteiger partial charge is 0.255 e. The summed E-state index contributed by atoms with van der Waals surface area (Å²) < 4.78 is 14.0. The molecule has 0 fully saturated rings. The molecule has 0 saturated heterocycles. The summed E-state index contributed by atoms with van der Waals surface area (Å²) in [5, 5.41) is 0.411. The van der Waals surface area contributed by atoms with Gasteiger partial charge in [-0.1, -0.05) is 17.7 Å². The van der Waals surface area contributed by atoms with Gasteiger partial charge in [0.2, 0.25) is 0 Å². The van der Waals surface area contributed by atoms with Crippen LogP contribution in [0.2, 0.25) is 5.02 Å². The number of nitrogens with zero attached hydrogens (tertiary/aromatic N) is 3. The molecular formula is C19H20ClFN4O. The molecule has 0 amide bonds. The Balaban J connectivity index is 1.58. The van der Waals surface area contributed by atoms with Gasteiger partial charge in [0.15, 0.2) is 5.82 Å². The first-order valence-electron chi connectivity index (χ1n) is 8.93.